The molecule has 1 fully saturated rings. The van der Waals surface area contributed by atoms with Gasteiger partial charge in [0, 0.05) is 51.3 Å². The van der Waals surface area contributed by atoms with Crippen molar-refractivity contribution in [2.45, 2.75) is 32.2 Å². The summed E-state index contributed by atoms with van der Waals surface area (Å²) >= 11 is 0. The van der Waals surface area contributed by atoms with Gasteiger partial charge in [-0.15, -0.1) is 0 Å². The summed E-state index contributed by atoms with van der Waals surface area (Å²) in [5.41, 5.74) is 5.35. The summed E-state index contributed by atoms with van der Waals surface area (Å²) in [7, 11) is 0. The summed E-state index contributed by atoms with van der Waals surface area (Å²) < 4.78 is 5.44. The van der Waals surface area contributed by atoms with Crippen LogP contribution in [-0.4, -0.2) is 65.2 Å². The molecule has 1 aromatic heterocycles. The first-order valence-corrected chi connectivity index (χ1v) is 11.8. The number of hydrogen-bond acceptors (Lipinski definition) is 6. The highest BCUT2D eigenvalue weighted by atomic mass is 16.5. The Hall–Kier alpha value is -2.80. The van der Waals surface area contributed by atoms with Crippen LogP contribution < -0.4 is 0 Å². The molecule has 0 saturated carbocycles. The van der Waals surface area contributed by atoms with Crippen LogP contribution in [0.2, 0.25) is 0 Å². The van der Waals surface area contributed by atoms with Crippen LogP contribution in [0.15, 0.2) is 53.1 Å². The van der Waals surface area contributed by atoms with Gasteiger partial charge in [0.1, 0.15) is 11.3 Å². The number of benzene rings is 2. The minimum absolute atomic E-state index is 0.213. The standard InChI is InChI=1S/C27H31N3O3/c1-19-26(20(2)33-28-19)22-10-9-21-18-25(32)27(24(21)17-22,23-7-4-3-5-8-23)30-14-12-29(13-15-30)11-6-16-31/h3-5,7-10,17,31H,6,11-16,18H2,1-2H3. The summed E-state index contributed by atoms with van der Waals surface area (Å²) in [5, 5.41) is 13.3. The molecule has 1 atom stereocenters. The molecule has 2 heterocycles. The van der Waals surface area contributed by atoms with Gasteiger partial charge in [0.05, 0.1) is 5.69 Å². The largest absolute Gasteiger partial charge is 0.396 e. The fraction of sp³-hybridized carbons (Fsp3) is 0.407. The molecule has 3 aromatic rings. The first kappa shape index (κ1) is 22.0. The predicted octanol–water partition coefficient (Wildman–Crippen LogP) is 3.33. The number of hydrogen-bond donors (Lipinski definition) is 1. The Morgan fingerprint density at radius 3 is 2.48 bits per heavy atom. The van der Waals surface area contributed by atoms with E-state index in [9.17, 15) is 9.90 Å². The van der Waals surface area contributed by atoms with E-state index in [4.69, 9.17) is 4.52 Å². The maximum Gasteiger partial charge on any atom is 0.166 e. The third-order valence-corrected chi connectivity index (χ3v) is 7.25. The van der Waals surface area contributed by atoms with Crippen molar-refractivity contribution in [1.29, 1.82) is 0 Å². The number of carbonyl (C=O) groups is 1. The van der Waals surface area contributed by atoms with Crippen LogP contribution in [0.4, 0.5) is 0 Å². The van der Waals surface area contributed by atoms with Crippen LogP contribution in [-0.2, 0) is 16.8 Å². The lowest BCUT2D eigenvalue weighted by atomic mass is 9.80. The molecule has 33 heavy (non-hydrogen) atoms. The predicted molar refractivity (Wildman–Crippen MR) is 127 cm³/mol. The lowest BCUT2D eigenvalue weighted by molar-refractivity contribution is -0.128. The fourth-order valence-corrected chi connectivity index (χ4v) is 5.70. The van der Waals surface area contributed by atoms with Gasteiger partial charge < -0.3 is 14.5 Å². The molecule has 2 aromatic carbocycles. The minimum atomic E-state index is -0.783. The van der Waals surface area contributed by atoms with Gasteiger partial charge in [0.2, 0.25) is 0 Å². The highest BCUT2D eigenvalue weighted by molar-refractivity contribution is 6.00. The van der Waals surface area contributed by atoms with Gasteiger partial charge in [-0.2, -0.15) is 0 Å². The molecule has 2 aliphatic rings. The van der Waals surface area contributed by atoms with Gasteiger partial charge in [-0.05, 0) is 48.6 Å². The van der Waals surface area contributed by atoms with Gasteiger partial charge in [0.15, 0.2) is 5.78 Å². The second-order valence-electron chi connectivity index (χ2n) is 9.15. The van der Waals surface area contributed by atoms with Crippen molar-refractivity contribution >= 4 is 5.78 Å². The number of Topliss-reactive ketones (excluding diaryl/α,β-unsaturated/α-hetero) is 1. The molecule has 1 unspecified atom stereocenters. The van der Waals surface area contributed by atoms with Gasteiger partial charge in [-0.25, -0.2) is 0 Å². The van der Waals surface area contributed by atoms with E-state index in [2.05, 4.69) is 45.3 Å². The lowest BCUT2D eigenvalue weighted by Crippen LogP contribution is -2.58. The number of aryl methyl sites for hydroxylation is 2. The average Bonchev–Trinajstić information content (AvgIpc) is 3.33. The zero-order valence-electron chi connectivity index (χ0n) is 19.4. The maximum atomic E-state index is 13.9. The van der Waals surface area contributed by atoms with E-state index in [1.54, 1.807) is 0 Å². The SMILES string of the molecule is Cc1noc(C)c1-c1ccc2c(c1)C(c1ccccc1)(N1CCN(CCCO)CC1)C(=O)C2. The van der Waals surface area contributed by atoms with E-state index >= 15 is 0 Å². The number of piperazine rings is 1. The number of aliphatic hydroxyl groups is 1. The monoisotopic (exact) mass is 445 g/mol. The van der Waals surface area contributed by atoms with Crippen molar-refractivity contribution in [3.63, 3.8) is 0 Å². The molecule has 1 aliphatic heterocycles. The van der Waals surface area contributed by atoms with Crippen molar-refractivity contribution in [3.05, 3.63) is 76.7 Å². The zero-order valence-corrected chi connectivity index (χ0v) is 19.4. The number of ketones is 1. The second kappa shape index (κ2) is 8.86. The molecule has 0 bridgehead atoms. The Kier molecular flexibility index (Phi) is 5.91. The second-order valence-corrected chi connectivity index (χ2v) is 9.15. The molecule has 172 valence electrons. The maximum absolute atomic E-state index is 13.9. The van der Waals surface area contributed by atoms with E-state index in [-0.39, 0.29) is 12.4 Å². The Labute approximate surface area is 194 Å². The topological polar surface area (TPSA) is 69.8 Å². The molecule has 0 amide bonds. The van der Waals surface area contributed by atoms with Crippen LogP contribution in [0.25, 0.3) is 11.1 Å². The smallest absolute Gasteiger partial charge is 0.166 e. The van der Waals surface area contributed by atoms with Gasteiger partial charge in [0.25, 0.3) is 0 Å². The highest BCUT2D eigenvalue weighted by Crippen LogP contribution is 2.46. The van der Waals surface area contributed by atoms with Crippen molar-refractivity contribution in [2.24, 2.45) is 0 Å². The number of aliphatic hydroxyl groups excluding tert-OH is 1. The Morgan fingerprint density at radius 2 is 1.82 bits per heavy atom. The normalized spacial score (nSPS) is 21.5. The molecule has 6 nitrogen and oxygen atoms in total. The molecule has 1 saturated heterocycles. The fourth-order valence-electron chi connectivity index (χ4n) is 5.70. The van der Waals surface area contributed by atoms with Gasteiger partial charge in [-0.3, -0.25) is 9.69 Å². The molecular formula is C27H31N3O3. The van der Waals surface area contributed by atoms with Crippen molar-refractivity contribution in [2.75, 3.05) is 39.3 Å². The molecule has 5 rings (SSSR count). The first-order chi connectivity index (χ1) is 16.1. The zero-order chi connectivity index (χ0) is 23.0. The van der Waals surface area contributed by atoms with E-state index in [1.165, 1.54) is 0 Å². The van der Waals surface area contributed by atoms with Crippen LogP contribution in [0.1, 0.15) is 34.6 Å². The third-order valence-electron chi connectivity index (χ3n) is 7.25. The Morgan fingerprint density at radius 1 is 1.06 bits per heavy atom. The molecular weight excluding hydrogens is 414 g/mol. The average molecular weight is 446 g/mol. The van der Waals surface area contributed by atoms with E-state index in [1.807, 2.05) is 32.0 Å². The first-order valence-electron chi connectivity index (χ1n) is 11.8. The Bertz CT molecular complexity index is 1130. The highest BCUT2D eigenvalue weighted by Gasteiger charge is 2.52. The van der Waals surface area contributed by atoms with Crippen molar-refractivity contribution in [1.82, 2.24) is 15.0 Å². The Balaban J connectivity index is 1.61. The summed E-state index contributed by atoms with van der Waals surface area (Å²) in [5.74, 6) is 1.03. The quantitative estimate of drug-likeness (QED) is 0.628. The molecule has 0 radical (unpaired) electrons. The molecule has 1 N–H and O–H groups in total. The number of fused-ring (bicyclic) bond motifs is 1. The third kappa shape index (κ3) is 3.62. The lowest BCUT2D eigenvalue weighted by Gasteiger charge is -2.46. The molecule has 1 aliphatic carbocycles. The number of nitrogens with zero attached hydrogens (tertiary/aromatic N) is 3. The summed E-state index contributed by atoms with van der Waals surface area (Å²) in [6, 6.07) is 16.6. The van der Waals surface area contributed by atoms with Crippen LogP contribution in [0, 0.1) is 13.8 Å². The van der Waals surface area contributed by atoms with Gasteiger partial charge >= 0.3 is 0 Å². The van der Waals surface area contributed by atoms with E-state index in [0.717, 1.165) is 78.4 Å². The molecule has 6 heteroatoms. The van der Waals surface area contributed by atoms with Crippen molar-refractivity contribution in [3.8, 4) is 11.1 Å². The summed E-state index contributed by atoms with van der Waals surface area (Å²) in [6.07, 6.45) is 1.23. The van der Waals surface area contributed by atoms with Gasteiger partial charge in [-0.1, -0.05) is 47.6 Å². The number of rotatable bonds is 6. The number of carbonyl (C=O) groups excluding carboxylic acids is 1. The number of aromatic nitrogens is 1. The molecule has 0 spiro atoms. The summed E-state index contributed by atoms with van der Waals surface area (Å²) in [6.45, 7) is 8.39. The van der Waals surface area contributed by atoms with E-state index < -0.39 is 5.54 Å². The van der Waals surface area contributed by atoms with E-state index in [0.29, 0.717) is 6.42 Å². The summed E-state index contributed by atoms with van der Waals surface area (Å²) in [4.78, 5) is 18.7. The van der Waals surface area contributed by atoms with Crippen molar-refractivity contribution < 1.29 is 14.4 Å². The van der Waals surface area contributed by atoms with Crippen LogP contribution in [0.3, 0.4) is 0 Å². The minimum Gasteiger partial charge on any atom is -0.396 e. The van der Waals surface area contributed by atoms with Crippen LogP contribution >= 0.6 is 0 Å². The van der Waals surface area contributed by atoms with Crippen LogP contribution in [0.5, 0.6) is 0 Å².